The molecule has 0 radical (unpaired) electrons. The van der Waals surface area contributed by atoms with Crippen molar-refractivity contribution in [3.05, 3.63) is 102 Å². The zero-order chi connectivity index (χ0) is 19.5. The summed E-state index contributed by atoms with van der Waals surface area (Å²) in [6, 6.07) is 28.9. The van der Waals surface area contributed by atoms with E-state index in [4.69, 9.17) is 9.47 Å². The van der Waals surface area contributed by atoms with Crippen molar-refractivity contribution in [1.82, 2.24) is 4.98 Å². The Balaban J connectivity index is 1.27. The van der Waals surface area contributed by atoms with Crippen molar-refractivity contribution in [3.63, 3.8) is 0 Å². The molecule has 0 saturated carbocycles. The lowest BCUT2D eigenvalue weighted by Gasteiger charge is -2.26. The SMILES string of the molecule is c1ccc(C[C@H]2CCc3ccc(OCc4ccc5ccccc5n4)cc3O2)cc1. The van der Waals surface area contributed by atoms with Crippen LogP contribution >= 0.6 is 0 Å². The number of aromatic nitrogens is 1. The van der Waals surface area contributed by atoms with Crippen molar-refractivity contribution >= 4 is 10.9 Å². The van der Waals surface area contributed by atoms with E-state index in [9.17, 15) is 0 Å². The number of benzene rings is 3. The molecule has 0 N–H and O–H groups in total. The molecule has 0 fully saturated rings. The molecule has 29 heavy (non-hydrogen) atoms. The molecule has 2 heterocycles. The van der Waals surface area contributed by atoms with Crippen LogP contribution in [0.3, 0.4) is 0 Å². The van der Waals surface area contributed by atoms with Gasteiger partial charge in [-0.15, -0.1) is 0 Å². The number of ether oxygens (including phenoxy) is 2. The smallest absolute Gasteiger partial charge is 0.130 e. The monoisotopic (exact) mass is 381 g/mol. The molecule has 1 aliphatic heterocycles. The van der Waals surface area contributed by atoms with Crippen LogP contribution < -0.4 is 9.47 Å². The summed E-state index contributed by atoms with van der Waals surface area (Å²) in [6.07, 6.45) is 3.23. The second-order valence-corrected chi connectivity index (χ2v) is 7.52. The van der Waals surface area contributed by atoms with Crippen LogP contribution in [0, 0.1) is 0 Å². The van der Waals surface area contributed by atoms with Crippen molar-refractivity contribution in [2.24, 2.45) is 0 Å². The van der Waals surface area contributed by atoms with Gasteiger partial charge < -0.3 is 9.47 Å². The molecule has 1 aliphatic rings. The molecule has 3 nitrogen and oxygen atoms in total. The number of nitrogens with zero attached hydrogens (tertiary/aromatic N) is 1. The molecule has 144 valence electrons. The summed E-state index contributed by atoms with van der Waals surface area (Å²) >= 11 is 0. The highest BCUT2D eigenvalue weighted by atomic mass is 16.5. The predicted molar refractivity (Wildman–Crippen MR) is 115 cm³/mol. The molecule has 0 spiro atoms. The standard InChI is InChI=1S/C26H23NO2/c1-2-6-19(7-3-1)16-24-15-12-21-11-14-23(17-26(21)29-24)28-18-22-13-10-20-8-4-5-9-25(20)27-22/h1-11,13-14,17,24H,12,15-16,18H2/t24-/m1/s1. The fourth-order valence-corrected chi connectivity index (χ4v) is 3.86. The van der Waals surface area contributed by atoms with Crippen molar-refractivity contribution in [2.45, 2.75) is 32.0 Å². The minimum Gasteiger partial charge on any atom is -0.490 e. The molecule has 0 saturated heterocycles. The van der Waals surface area contributed by atoms with Crippen LogP contribution in [0.4, 0.5) is 0 Å². The van der Waals surface area contributed by atoms with Gasteiger partial charge in [-0.2, -0.15) is 0 Å². The summed E-state index contributed by atoms with van der Waals surface area (Å²) in [6.45, 7) is 0.442. The van der Waals surface area contributed by atoms with Gasteiger partial charge in [0, 0.05) is 17.9 Å². The molecule has 1 atom stereocenters. The molecule has 0 amide bonds. The van der Waals surface area contributed by atoms with Gasteiger partial charge in [-0.05, 0) is 42.2 Å². The van der Waals surface area contributed by atoms with Gasteiger partial charge in [-0.25, -0.2) is 4.98 Å². The van der Waals surface area contributed by atoms with Gasteiger partial charge in [-0.1, -0.05) is 60.7 Å². The molecule has 3 heteroatoms. The molecule has 3 aromatic carbocycles. The summed E-state index contributed by atoms with van der Waals surface area (Å²) in [7, 11) is 0. The van der Waals surface area contributed by atoms with E-state index in [-0.39, 0.29) is 6.10 Å². The highest BCUT2D eigenvalue weighted by Gasteiger charge is 2.20. The second-order valence-electron chi connectivity index (χ2n) is 7.52. The average Bonchev–Trinajstić information content (AvgIpc) is 2.78. The number of pyridine rings is 1. The van der Waals surface area contributed by atoms with Gasteiger partial charge in [0.05, 0.1) is 11.2 Å². The largest absolute Gasteiger partial charge is 0.490 e. The third-order valence-corrected chi connectivity index (χ3v) is 5.42. The van der Waals surface area contributed by atoms with Crippen molar-refractivity contribution < 1.29 is 9.47 Å². The minimum absolute atomic E-state index is 0.210. The van der Waals surface area contributed by atoms with Crippen LogP contribution in [-0.2, 0) is 19.4 Å². The molecule has 0 unspecified atom stereocenters. The zero-order valence-corrected chi connectivity index (χ0v) is 16.3. The number of aryl methyl sites for hydroxylation is 1. The van der Waals surface area contributed by atoms with E-state index >= 15 is 0 Å². The molecular formula is C26H23NO2. The average molecular weight is 381 g/mol. The Kier molecular flexibility index (Phi) is 4.87. The van der Waals surface area contributed by atoms with Gasteiger partial charge in [0.1, 0.15) is 24.2 Å². The Bertz CT molecular complexity index is 1120. The highest BCUT2D eigenvalue weighted by molar-refractivity contribution is 5.78. The van der Waals surface area contributed by atoms with Gasteiger partial charge in [0.15, 0.2) is 0 Å². The van der Waals surface area contributed by atoms with E-state index in [1.807, 2.05) is 36.4 Å². The van der Waals surface area contributed by atoms with Crippen LogP contribution in [0.1, 0.15) is 23.2 Å². The quantitative estimate of drug-likeness (QED) is 0.441. The van der Waals surface area contributed by atoms with Gasteiger partial charge in [0.25, 0.3) is 0 Å². The maximum Gasteiger partial charge on any atom is 0.130 e. The van der Waals surface area contributed by atoms with Crippen LogP contribution in [0.15, 0.2) is 84.9 Å². The first kappa shape index (κ1) is 17.7. The number of para-hydroxylation sites is 1. The summed E-state index contributed by atoms with van der Waals surface area (Å²) in [4.78, 5) is 4.68. The van der Waals surface area contributed by atoms with Crippen LogP contribution in [0.2, 0.25) is 0 Å². The Morgan fingerprint density at radius 3 is 2.69 bits per heavy atom. The second kappa shape index (κ2) is 7.96. The first-order chi connectivity index (χ1) is 14.3. The van der Waals surface area contributed by atoms with Crippen molar-refractivity contribution in [2.75, 3.05) is 0 Å². The van der Waals surface area contributed by atoms with Gasteiger partial charge in [0.2, 0.25) is 0 Å². The Hall–Kier alpha value is -3.33. The first-order valence-corrected chi connectivity index (χ1v) is 10.1. The molecule has 4 aromatic rings. The lowest BCUT2D eigenvalue weighted by Crippen LogP contribution is -2.24. The van der Waals surface area contributed by atoms with Crippen molar-refractivity contribution in [3.8, 4) is 11.5 Å². The number of fused-ring (bicyclic) bond motifs is 2. The number of hydrogen-bond acceptors (Lipinski definition) is 3. The summed E-state index contributed by atoms with van der Waals surface area (Å²) in [5.74, 6) is 1.76. The van der Waals surface area contributed by atoms with Crippen molar-refractivity contribution in [1.29, 1.82) is 0 Å². The van der Waals surface area contributed by atoms with E-state index < -0.39 is 0 Å². The Morgan fingerprint density at radius 2 is 1.76 bits per heavy atom. The fraction of sp³-hybridized carbons (Fsp3) is 0.192. The topological polar surface area (TPSA) is 31.4 Å². The van der Waals surface area contributed by atoms with Crippen LogP contribution in [-0.4, -0.2) is 11.1 Å². The molecule has 0 bridgehead atoms. The summed E-state index contributed by atoms with van der Waals surface area (Å²) in [5, 5.41) is 1.14. The van der Waals surface area contributed by atoms with E-state index in [0.717, 1.165) is 47.4 Å². The van der Waals surface area contributed by atoms with Crippen LogP contribution in [0.25, 0.3) is 10.9 Å². The Morgan fingerprint density at radius 1 is 0.897 bits per heavy atom. The predicted octanol–water partition coefficient (Wildman–Crippen LogP) is 5.75. The fourth-order valence-electron chi connectivity index (χ4n) is 3.86. The van der Waals surface area contributed by atoms with E-state index in [2.05, 4.69) is 53.5 Å². The molecule has 0 aliphatic carbocycles. The normalized spacial score (nSPS) is 15.5. The van der Waals surface area contributed by atoms with Gasteiger partial charge in [-0.3, -0.25) is 0 Å². The molecule has 5 rings (SSSR count). The summed E-state index contributed by atoms with van der Waals surface area (Å²) < 4.78 is 12.3. The minimum atomic E-state index is 0.210. The molecular weight excluding hydrogens is 358 g/mol. The zero-order valence-electron chi connectivity index (χ0n) is 16.3. The van der Waals surface area contributed by atoms with E-state index in [1.54, 1.807) is 0 Å². The number of rotatable bonds is 5. The third-order valence-electron chi connectivity index (χ3n) is 5.42. The maximum atomic E-state index is 6.29. The summed E-state index contributed by atoms with van der Waals surface area (Å²) in [5.41, 5.74) is 4.48. The number of hydrogen-bond donors (Lipinski definition) is 0. The first-order valence-electron chi connectivity index (χ1n) is 10.1. The Labute approximate surface area is 170 Å². The third kappa shape index (κ3) is 4.09. The van der Waals surface area contributed by atoms with Crippen LogP contribution in [0.5, 0.6) is 11.5 Å². The lowest BCUT2D eigenvalue weighted by atomic mass is 9.97. The lowest BCUT2D eigenvalue weighted by molar-refractivity contribution is 0.172. The molecule has 1 aromatic heterocycles. The maximum absolute atomic E-state index is 6.29. The van der Waals surface area contributed by atoms with Gasteiger partial charge >= 0.3 is 0 Å². The highest BCUT2D eigenvalue weighted by Crippen LogP contribution is 2.32. The van der Waals surface area contributed by atoms with E-state index in [1.165, 1.54) is 11.1 Å². The van der Waals surface area contributed by atoms with E-state index in [0.29, 0.717) is 6.61 Å².